The standard InChI is InChI=1S/C19H16F3N5O3/c1-11-7-8-13(9-16(11)27(29)30)12(2)24-25-17(28)10-26-15-6-4-3-5-14(15)23-18(26)19(20,21)22/h3-9H,10H2,1-2H3,(H,25,28). The number of nitrogens with zero attached hydrogens (tertiary/aromatic N) is 4. The molecule has 1 aromatic heterocycles. The van der Waals surface area contributed by atoms with Gasteiger partial charge in [0.15, 0.2) is 0 Å². The number of rotatable bonds is 5. The number of fused-ring (bicyclic) bond motifs is 1. The van der Waals surface area contributed by atoms with Crippen molar-refractivity contribution in [2.24, 2.45) is 5.10 Å². The van der Waals surface area contributed by atoms with E-state index in [2.05, 4.69) is 15.5 Å². The minimum absolute atomic E-state index is 0.104. The molecule has 0 unspecified atom stereocenters. The maximum absolute atomic E-state index is 13.3. The van der Waals surface area contributed by atoms with Crippen molar-refractivity contribution in [3.63, 3.8) is 0 Å². The van der Waals surface area contributed by atoms with Gasteiger partial charge in [-0.15, -0.1) is 0 Å². The first-order chi connectivity index (χ1) is 14.1. The maximum Gasteiger partial charge on any atom is 0.449 e. The number of halogens is 3. The molecule has 0 radical (unpaired) electrons. The number of benzene rings is 2. The topological polar surface area (TPSA) is 102 Å². The summed E-state index contributed by atoms with van der Waals surface area (Å²) in [6.45, 7) is 2.45. The SMILES string of the molecule is CC(=NNC(=O)Cn1c(C(F)(F)F)nc2ccccc21)c1ccc(C)c([N+](=O)[O-])c1. The first-order valence-corrected chi connectivity index (χ1v) is 8.69. The van der Waals surface area contributed by atoms with Crippen LogP contribution in [0.3, 0.4) is 0 Å². The average Bonchev–Trinajstić information content (AvgIpc) is 3.05. The molecule has 156 valence electrons. The van der Waals surface area contributed by atoms with E-state index < -0.39 is 29.4 Å². The molecular weight excluding hydrogens is 403 g/mol. The number of hydrazone groups is 1. The first-order valence-electron chi connectivity index (χ1n) is 8.69. The van der Waals surface area contributed by atoms with E-state index in [0.29, 0.717) is 11.1 Å². The van der Waals surface area contributed by atoms with Crippen molar-refractivity contribution in [2.45, 2.75) is 26.6 Å². The van der Waals surface area contributed by atoms with Gasteiger partial charge in [-0.1, -0.05) is 24.3 Å². The van der Waals surface area contributed by atoms with Crippen LogP contribution in [-0.4, -0.2) is 26.1 Å². The minimum atomic E-state index is -4.74. The van der Waals surface area contributed by atoms with Gasteiger partial charge in [0.25, 0.3) is 11.6 Å². The molecule has 1 N–H and O–H groups in total. The van der Waals surface area contributed by atoms with Crippen LogP contribution in [0.5, 0.6) is 0 Å². The van der Waals surface area contributed by atoms with Crippen molar-refractivity contribution >= 4 is 28.3 Å². The third kappa shape index (κ3) is 4.29. The number of hydrogen-bond acceptors (Lipinski definition) is 5. The van der Waals surface area contributed by atoms with Crippen LogP contribution in [0.4, 0.5) is 18.9 Å². The van der Waals surface area contributed by atoms with E-state index in [4.69, 9.17) is 0 Å². The van der Waals surface area contributed by atoms with Crippen molar-refractivity contribution in [3.05, 3.63) is 69.5 Å². The number of hydrogen-bond donors (Lipinski definition) is 1. The molecule has 1 amide bonds. The van der Waals surface area contributed by atoms with Gasteiger partial charge >= 0.3 is 6.18 Å². The fourth-order valence-electron chi connectivity index (χ4n) is 2.87. The largest absolute Gasteiger partial charge is 0.449 e. The maximum atomic E-state index is 13.3. The molecule has 0 aliphatic heterocycles. The molecule has 0 aliphatic carbocycles. The lowest BCUT2D eigenvalue weighted by Gasteiger charge is -2.10. The molecule has 0 atom stereocenters. The molecule has 8 nitrogen and oxygen atoms in total. The first kappa shape index (κ1) is 21.0. The quantitative estimate of drug-likeness (QED) is 0.386. The number of nitro benzene ring substituents is 1. The monoisotopic (exact) mass is 419 g/mol. The lowest BCUT2D eigenvalue weighted by molar-refractivity contribution is -0.385. The van der Waals surface area contributed by atoms with Crippen LogP contribution in [-0.2, 0) is 17.5 Å². The van der Waals surface area contributed by atoms with Crippen molar-refractivity contribution in [1.82, 2.24) is 15.0 Å². The van der Waals surface area contributed by atoms with Crippen LogP contribution >= 0.6 is 0 Å². The van der Waals surface area contributed by atoms with Crippen LogP contribution in [0.2, 0.25) is 0 Å². The van der Waals surface area contributed by atoms with Gasteiger partial charge in [0, 0.05) is 17.2 Å². The number of nitro groups is 1. The summed E-state index contributed by atoms with van der Waals surface area (Å²) in [5.74, 6) is -1.99. The van der Waals surface area contributed by atoms with E-state index in [1.807, 2.05) is 0 Å². The van der Waals surface area contributed by atoms with Crippen LogP contribution < -0.4 is 5.43 Å². The Morgan fingerprint density at radius 2 is 1.97 bits per heavy atom. The number of aromatic nitrogens is 2. The van der Waals surface area contributed by atoms with Gasteiger partial charge in [0.05, 0.1) is 21.7 Å². The van der Waals surface area contributed by atoms with Crippen molar-refractivity contribution in [3.8, 4) is 0 Å². The number of carbonyl (C=O) groups is 1. The van der Waals surface area contributed by atoms with Crippen LogP contribution in [0.25, 0.3) is 11.0 Å². The molecular formula is C19H16F3N5O3. The predicted molar refractivity (Wildman–Crippen MR) is 103 cm³/mol. The molecule has 0 spiro atoms. The highest BCUT2D eigenvalue weighted by Crippen LogP contribution is 2.31. The zero-order valence-electron chi connectivity index (χ0n) is 15.9. The summed E-state index contributed by atoms with van der Waals surface area (Å²) < 4.78 is 40.7. The lowest BCUT2D eigenvalue weighted by atomic mass is 10.1. The number of alkyl halides is 3. The van der Waals surface area contributed by atoms with Gasteiger partial charge < -0.3 is 4.57 Å². The molecule has 30 heavy (non-hydrogen) atoms. The summed E-state index contributed by atoms with van der Waals surface area (Å²) in [6, 6.07) is 10.4. The summed E-state index contributed by atoms with van der Waals surface area (Å²) in [4.78, 5) is 26.4. The fourth-order valence-corrected chi connectivity index (χ4v) is 2.87. The number of amides is 1. The van der Waals surface area contributed by atoms with Crippen LogP contribution in [0.15, 0.2) is 47.6 Å². The molecule has 0 bridgehead atoms. The Hall–Kier alpha value is -3.76. The van der Waals surface area contributed by atoms with Gasteiger partial charge in [0.1, 0.15) is 6.54 Å². The molecule has 2 aromatic carbocycles. The van der Waals surface area contributed by atoms with Gasteiger partial charge in [-0.25, -0.2) is 10.4 Å². The van der Waals surface area contributed by atoms with E-state index in [9.17, 15) is 28.1 Å². The number of imidazole rings is 1. The Kier molecular flexibility index (Phi) is 5.54. The fraction of sp³-hybridized carbons (Fsp3) is 0.211. The smallest absolute Gasteiger partial charge is 0.311 e. The summed E-state index contributed by atoms with van der Waals surface area (Å²) in [6.07, 6.45) is -4.74. The summed E-state index contributed by atoms with van der Waals surface area (Å²) in [7, 11) is 0. The Morgan fingerprint density at radius 3 is 2.63 bits per heavy atom. The number of para-hydroxylation sites is 2. The second kappa shape index (κ2) is 7.93. The van der Waals surface area contributed by atoms with Crippen molar-refractivity contribution in [2.75, 3.05) is 0 Å². The second-order valence-corrected chi connectivity index (χ2v) is 6.50. The Bertz CT molecular complexity index is 1170. The summed E-state index contributed by atoms with van der Waals surface area (Å²) in [5.41, 5.74) is 3.49. The molecule has 1 heterocycles. The molecule has 0 saturated carbocycles. The summed E-state index contributed by atoms with van der Waals surface area (Å²) >= 11 is 0. The van der Waals surface area contributed by atoms with Gasteiger partial charge in [-0.05, 0) is 26.0 Å². The predicted octanol–water partition coefficient (Wildman–Crippen LogP) is 3.81. The zero-order chi connectivity index (χ0) is 22.1. The van der Waals surface area contributed by atoms with Gasteiger partial charge in [0.2, 0.25) is 5.82 Å². The second-order valence-electron chi connectivity index (χ2n) is 6.50. The highest BCUT2D eigenvalue weighted by atomic mass is 19.4. The van der Waals surface area contributed by atoms with E-state index in [-0.39, 0.29) is 22.4 Å². The Labute approximate surface area is 168 Å². The van der Waals surface area contributed by atoms with Crippen molar-refractivity contribution in [1.29, 1.82) is 0 Å². The Balaban J connectivity index is 1.83. The molecule has 0 fully saturated rings. The molecule has 11 heteroatoms. The molecule has 0 aliphatic rings. The zero-order valence-corrected chi connectivity index (χ0v) is 15.9. The lowest BCUT2D eigenvalue weighted by Crippen LogP contribution is -2.27. The third-order valence-electron chi connectivity index (χ3n) is 4.38. The number of carbonyl (C=O) groups excluding carboxylic acids is 1. The normalized spacial score (nSPS) is 12.2. The molecule has 0 saturated heterocycles. The molecule has 3 rings (SSSR count). The Morgan fingerprint density at radius 1 is 1.27 bits per heavy atom. The van der Waals surface area contributed by atoms with Crippen LogP contribution in [0, 0.1) is 17.0 Å². The highest BCUT2D eigenvalue weighted by molar-refractivity contribution is 5.99. The third-order valence-corrected chi connectivity index (χ3v) is 4.38. The average molecular weight is 419 g/mol. The van der Waals surface area contributed by atoms with E-state index >= 15 is 0 Å². The van der Waals surface area contributed by atoms with Crippen molar-refractivity contribution < 1.29 is 22.9 Å². The highest BCUT2D eigenvalue weighted by Gasteiger charge is 2.38. The number of nitrogens with one attached hydrogen (secondary N) is 1. The van der Waals surface area contributed by atoms with Crippen LogP contribution in [0.1, 0.15) is 23.9 Å². The van der Waals surface area contributed by atoms with E-state index in [1.165, 1.54) is 25.1 Å². The number of aryl methyl sites for hydroxylation is 1. The minimum Gasteiger partial charge on any atom is -0.311 e. The van der Waals surface area contributed by atoms with Gasteiger partial charge in [-0.2, -0.15) is 18.3 Å². The van der Waals surface area contributed by atoms with E-state index in [0.717, 1.165) is 4.57 Å². The van der Waals surface area contributed by atoms with Gasteiger partial charge in [-0.3, -0.25) is 14.9 Å². The summed E-state index contributed by atoms with van der Waals surface area (Å²) in [5, 5.41) is 14.9. The van der Waals surface area contributed by atoms with E-state index in [1.54, 1.807) is 31.2 Å². The molecule has 3 aromatic rings.